The van der Waals surface area contributed by atoms with Gasteiger partial charge in [0, 0.05) is 5.69 Å². The molecule has 0 aliphatic rings. The van der Waals surface area contributed by atoms with Crippen LogP contribution in [0.5, 0.6) is 0 Å². The molecule has 1 aromatic rings. The van der Waals surface area contributed by atoms with Gasteiger partial charge in [0.25, 0.3) is 0 Å². The number of nitrogens with two attached hydrogens (primary N) is 1. The van der Waals surface area contributed by atoms with Gasteiger partial charge in [-0.2, -0.15) is 0 Å². The Kier molecular flexibility index (Phi) is 5.10. The summed E-state index contributed by atoms with van der Waals surface area (Å²) in [5.74, 6) is -1.06. The topological polar surface area (TPSA) is 102 Å². The van der Waals surface area contributed by atoms with Gasteiger partial charge in [-0.3, -0.25) is 10.1 Å². The van der Waals surface area contributed by atoms with Crippen molar-refractivity contribution in [3.05, 3.63) is 29.8 Å². The number of carbonyl (C=O) groups excluding carboxylic acids is 1. The average molecular weight is 280 g/mol. The van der Waals surface area contributed by atoms with Crippen LogP contribution in [0.15, 0.2) is 24.3 Å². The first-order chi connectivity index (χ1) is 9.17. The summed E-state index contributed by atoms with van der Waals surface area (Å²) in [5, 5.41) is 11.4. The van der Waals surface area contributed by atoms with E-state index >= 15 is 0 Å². The Hall–Kier alpha value is -2.08. The van der Waals surface area contributed by atoms with Gasteiger partial charge in [0.15, 0.2) is 0 Å². The second kappa shape index (κ2) is 6.38. The smallest absolute Gasteiger partial charge is 0.412 e. The first kappa shape index (κ1) is 16.0. The Morgan fingerprint density at radius 2 is 2.05 bits per heavy atom. The molecule has 0 saturated heterocycles. The molecule has 0 bridgehead atoms. The van der Waals surface area contributed by atoms with Crippen LogP contribution in [0.25, 0.3) is 0 Å². The van der Waals surface area contributed by atoms with Crippen LogP contribution in [-0.4, -0.2) is 28.8 Å². The molecule has 0 radical (unpaired) electrons. The molecule has 0 aliphatic heterocycles. The van der Waals surface area contributed by atoms with Crippen LogP contribution in [-0.2, 0) is 16.0 Å². The maximum Gasteiger partial charge on any atom is 0.412 e. The highest BCUT2D eigenvalue weighted by atomic mass is 16.6. The largest absolute Gasteiger partial charge is 0.480 e. The fourth-order valence-electron chi connectivity index (χ4n) is 1.54. The summed E-state index contributed by atoms with van der Waals surface area (Å²) in [7, 11) is 0. The van der Waals surface area contributed by atoms with E-state index < -0.39 is 23.7 Å². The van der Waals surface area contributed by atoms with Crippen LogP contribution in [0.3, 0.4) is 0 Å². The quantitative estimate of drug-likeness (QED) is 0.782. The summed E-state index contributed by atoms with van der Waals surface area (Å²) in [4.78, 5) is 22.3. The Balaban J connectivity index is 2.69. The number of hydrogen-bond acceptors (Lipinski definition) is 4. The van der Waals surface area contributed by atoms with E-state index in [1.165, 1.54) is 0 Å². The molecule has 20 heavy (non-hydrogen) atoms. The molecule has 1 amide bonds. The van der Waals surface area contributed by atoms with Crippen molar-refractivity contribution in [2.75, 3.05) is 5.32 Å². The summed E-state index contributed by atoms with van der Waals surface area (Å²) < 4.78 is 5.13. The van der Waals surface area contributed by atoms with Crippen LogP contribution in [0.1, 0.15) is 26.3 Å². The van der Waals surface area contributed by atoms with Crippen molar-refractivity contribution in [3.8, 4) is 0 Å². The molecule has 0 spiro atoms. The van der Waals surface area contributed by atoms with E-state index in [0.717, 1.165) is 5.56 Å². The van der Waals surface area contributed by atoms with Gasteiger partial charge in [0.05, 0.1) is 0 Å². The van der Waals surface area contributed by atoms with E-state index in [4.69, 9.17) is 15.6 Å². The van der Waals surface area contributed by atoms with Crippen molar-refractivity contribution in [1.82, 2.24) is 0 Å². The predicted octanol–water partition coefficient (Wildman–Crippen LogP) is 1.99. The minimum absolute atomic E-state index is 0.194. The number of aliphatic carboxylic acids is 1. The lowest BCUT2D eigenvalue weighted by Gasteiger charge is -2.19. The molecule has 6 heteroatoms. The summed E-state index contributed by atoms with van der Waals surface area (Å²) in [6, 6.07) is 5.87. The highest BCUT2D eigenvalue weighted by molar-refractivity contribution is 5.85. The van der Waals surface area contributed by atoms with Gasteiger partial charge < -0.3 is 15.6 Å². The second-order valence-corrected chi connectivity index (χ2v) is 5.48. The molecule has 4 N–H and O–H groups in total. The monoisotopic (exact) mass is 280 g/mol. The van der Waals surface area contributed by atoms with E-state index in [1.54, 1.807) is 45.0 Å². The Bertz CT molecular complexity index is 494. The molecule has 0 aliphatic carbocycles. The Morgan fingerprint density at radius 3 is 2.60 bits per heavy atom. The lowest BCUT2D eigenvalue weighted by atomic mass is 10.1. The molecular formula is C14H20N2O4. The van der Waals surface area contributed by atoms with Gasteiger partial charge in [-0.1, -0.05) is 12.1 Å². The number of amides is 1. The fourth-order valence-corrected chi connectivity index (χ4v) is 1.54. The first-order valence-electron chi connectivity index (χ1n) is 6.25. The molecule has 0 saturated carbocycles. The third kappa shape index (κ3) is 5.71. The van der Waals surface area contributed by atoms with E-state index in [-0.39, 0.29) is 6.42 Å². The van der Waals surface area contributed by atoms with Gasteiger partial charge in [0.2, 0.25) is 0 Å². The van der Waals surface area contributed by atoms with E-state index in [0.29, 0.717) is 5.69 Å². The molecule has 110 valence electrons. The van der Waals surface area contributed by atoms with Gasteiger partial charge in [-0.25, -0.2) is 4.79 Å². The van der Waals surface area contributed by atoms with Crippen molar-refractivity contribution in [1.29, 1.82) is 0 Å². The maximum atomic E-state index is 11.6. The standard InChI is InChI=1S/C14H20N2O4/c1-14(2,3)20-13(19)16-10-6-4-5-9(7-10)8-11(15)12(17)18/h4-7,11H,8,15H2,1-3H3,(H,16,19)(H,17,18)/t11-/m0/s1. The van der Waals surface area contributed by atoms with Crippen molar-refractivity contribution in [3.63, 3.8) is 0 Å². The lowest BCUT2D eigenvalue weighted by Crippen LogP contribution is -2.32. The molecule has 0 unspecified atom stereocenters. The van der Waals surface area contributed by atoms with Gasteiger partial charge in [0.1, 0.15) is 11.6 Å². The molecule has 0 aromatic heterocycles. The van der Waals surface area contributed by atoms with Gasteiger partial charge in [-0.05, 0) is 44.9 Å². The molecule has 0 fully saturated rings. The SMILES string of the molecule is CC(C)(C)OC(=O)Nc1cccc(C[C@H](N)C(=O)O)c1. The van der Waals surface area contributed by atoms with Gasteiger partial charge >= 0.3 is 12.1 Å². The Morgan fingerprint density at radius 1 is 1.40 bits per heavy atom. The van der Waals surface area contributed by atoms with Crippen molar-refractivity contribution < 1.29 is 19.4 Å². The maximum absolute atomic E-state index is 11.6. The summed E-state index contributed by atoms with van der Waals surface area (Å²) >= 11 is 0. The molecule has 0 heterocycles. The number of rotatable bonds is 4. The highest BCUT2D eigenvalue weighted by Gasteiger charge is 2.16. The number of carboxylic acid groups (broad SMARTS) is 1. The second-order valence-electron chi connectivity index (χ2n) is 5.48. The van der Waals surface area contributed by atoms with Crippen molar-refractivity contribution in [2.24, 2.45) is 5.73 Å². The lowest BCUT2D eigenvalue weighted by molar-refractivity contribution is -0.138. The number of carbonyl (C=O) groups is 2. The fraction of sp³-hybridized carbons (Fsp3) is 0.429. The van der Waals surface area contributed by atoms with Crippen molar-refractivity contribution >= 4 is 17.7 Å². The summed E-state index contributed by atoms with van der Waals surface area (Å²) in [6.45, 7) is 5.32. The number of ether oxygens (including phenoxy) is 1. The van der Waals surface area contributed by atoms with Crippen molar-refractivity contribution in [2.45, 2.75) is 38.8 Å². The highest BCUT2D eigenvalue weighted by Crippen LogP contribution is 2.14. The molecule has 1 atom stereocenters. The summed E-state index contributed by atoms with van der Waals surface area (Å²) in [5.41, 5.74) is 6.16. The zero-order chi connectivity index (χ0) is 15.3. The number of carboxylic acids is 1. The predicted molar refractivity (Wildman–Crippen MR) is 75.6 cm³/mol. The molecule has 1 aromatic carbocycles. The minimum atomic E-state index is -1.06. The number of nitrogens with one attached hydrogen (secondary N) is 1. The molecular weight excluding hydrogens is 260 g/mol. The normalized spacial score (nSPS) is 12.6. The van der Waals surface area contributed by atoms with Crippen LogP contribution in [0, 0.1) is 0 Å². The third-order valence-electron chi connectivity index (χ3n) is 2.35. The third-order valence-corrected chi connectivity index (χ3v) is 2.35. The van der Waals surface area contributed by atoms with Crippen LogP contribution >= 0.6 is 0 Å². The van der Waals surface area contributed by atoms with Crippen LogP contribution < -0.4 is 11.1 Å². The van der Waals surface area contributed by atoms with E-state index in [2.05, 4.69) is 5.32 Å². The zero-order valence-electron chi connectivity index (χ0n) is 11.8. The van der Waals surface area contributed by atoms with E-state index in [9.17, 15) is 9.59 Å². The van der Waals surface area contributed by atoms with Gasteiger partial charge in [-0.15, -0.1) is 0 Å². The number of anilines is 1. The molecule has 1 rings (SSSR count). The van der Waals surface area contributed by atoms with Crippen LogP contribution in [0.2, 0.25) is 0 Å². The zero-order valence-corrected chi connectivity index (χ0v) is 11.8. The first-order valence-corrected chi connectivity index (χ1v) is 6.25. The average Bonchev–Trinajstić information content (AvgIpc) is 2.26. The number of hydrogen-bond donors (Lipinski definition) is 3. The molecule has 6 nitrogen and oxygen atoms in total. The van der Waals surface area contributed by atoms with E-state index in [1.807, 2.05) is 0 Å². The Labute approximate surface area is 117 Å². The minimum Gasteiger partial charge on any atom is -0.480 e. The summed E-state index contributed by atoms with van der Waals surface area (Å²) in [6.07, 6.45) is -0.365. The van der Waals surface area contributed by atoms with Crippen LogP contribution in [0.4, 0.5) is 10.5 Å². The number of benzene rings is 1.